The molecule has 0 atom stereocenters. The molecule has 0 aliphatic rings. The molecule has 1 heterocycles. The first kappa shape index (κ1) is 9.46. The van der Waals surface area contributed by atoms with Crippen molar-refractivity contribution in [2.45, 2.75) is 6.92 Å². The zero-order chi connectivity index (χ0) is 10.1. The number of imidazole rings is 1. The zero-order valence-corrected chi connectivity index (χ0v) is 9.75. The third-order valence-corrected chi connectivity index (χ3v) is 3.02. The van der Waals surface area contributed by atoms with Crippen LogP contribution < -0.4 is 0 Å². The van der Waals surface area contributed by atoms with Crippen LogP contribution in [0.4, 0.5) is 0 Å². The summed E-state index contributed by atoms with van der Waals surface area (Å²) in [6, 6.07) is 8.43. The molecule has 3 heteroatoms. The molecule has 0 aliphatic heterocycles. The number of hydrogen-bond donors (Lipinski definition) is 0. The van der Waals surface area contributed by atoms with E-state index in [0.717, 1.165) is 10.4 Å². The van der Waals surface area contributed by atoms with E-state index in [2.05, 4.69) is 52.1 Å². The second-order valence-electron chi connectivity index (χ2n) is 3.34. The average Bonchev–Trinajstić information content (AvgIpc) is 2.50. The van der Waals surface area contributed by atoms with Crippen molar-refractivity contribution in [3.8, 4) is 11.3 Å². The molecule has 0 fully saturated rings. The number of aromatic nitrogens is 2. The first-order valence-electron chi connectivity index (χ1n) is 4.43. The highest BCUT2D eigenvalue weighted by Gasteiger charge is 2.05. The van der Waals surface area contributed by atoms with E-state index in [-0.39, 0.29) is 0 Å². The van der Waals surface area contributed by atoms with Crippen LogP contribution in [-0.4, -0.2) is 9.55 Å². The van der Waals surface area contributed by atoms with Gasteiger partial charge < -0.3 is 4.57 Å². The van der Waals surface area contributed by atoms with Crippen molar-refractivity contribution in [3.63, 3.8) is 0 Å². The van der Waals surface area contributed by atoms with Gasteiger partial charge >= 0.3 is 0 Å². The van der Waals surface area contributed by atoms with Gasteiger partial charge in [-0.3, -0.25) is 0 Å². The van der Waals surface area contributed by atoms with Crippen molar-refractivity contribution in [2.75, 3.05) is 0 Å². The molecule has 2 aromatic rings. The highest BCUT2D eigenvalue weighted by Crippen LogP contribution is 2.22. The molecule has 72 valence electrons. The Balaban J connectivity index is 2.49. The van der Waals surface area contributed by atoms with Crippen LogP contribution in [-0.2, 0) is 7.05 Å². The minimum Gasteiger partial charge on any atom is -0.322 e. The van der Waals surface area contributed by atoms with Crippen LogP contribution >= 0.6 is 15.9 Å². The maximum Gasteiger partial charge on any atom is 0.177 e. The molecule has 1 aromatic carbocycles. The van der Waals surface area contributed by atoms with E-state index in [1.807, 2.05) is 17.8 Å². The Morgan fingerprint density at radius 1 is 1.21 bits per heavy atom. The molecule has 0 saturated heterocycles. The molecule has 0 N–H and O–H groups in total. The van der Waals surface area contributed by atoms with Crippen molar-refractivity contribution in [3.05, 3.63) is 40.8 Å². The lowest BCUT2D eigenvalue weighted by atomic mass is 10.1. The number of rotatable bonds is 1. The van der Waals surface area contributed by atoms with Gasteiger partial charge in [0.2, 0.25) is 0 Å². The van der Waals surface area contributed by atoms with E-state index in [1.165, 1.54) is 11.1 Å². The van der Waals surface area contributed by atoms with Crippen LogP contribution in [0.3, 0.4) is 0 Å². The predicted molar refractivity (Wildman–Crippen MR) is 61.1 cm³/mol. The van der Waals surface area contributed by atoms with Crippen LogP contribution in [0.25, 0.3) is 11.3 Å². The summed E-state index contributed by atoms with van der Waals surface area (Å²) in [4.78, 5) is 4.19. The fraction of sp³-hybridized carbons (Fsp3) is 0.182. The van der Waals surface area contributed by atoms with Gasteiger partial charge in [0.15, 0.2) is 4.73 Å². The topological polar surface area (TPSA) is 17.8 Å². The van der Waals surface area contributed by atoms with E-state index >= 15 is 0 Å². The number of halogens is 1. The quantitative estimate of drug-likeness (QED) is 0.761. The Kier molecular flexibility index (Phi) is 2.42. The lowest BCUT2D eigenvalue weighted by Crippen LogP contribution is -1.91. The van der Waals surface area contributed by atoms with Gasteiger partial charge in [-0.1, -0.05) is 29.8 Å². The second-order valence-corrected chi connectivity index (χ2v) is 4.05. The van der Waals surface area contributed by atoms with E-state index in [1.54, 1.807) is 0 Å². The maximum absolute atomic E-state index is 4.19. The van der Waals surface area contributed by atoms with Crippen molar-refractivity contribution < 1.29 is 0 Å². The summed E-state index contributed by atoms with van der Waals surface area (Å²) in [6.07, 6.45) is 1.87. The van der Waals surface area contributed by atoms with Crippen LogP contribution in [0.5, 0.6) is 0 Å². The van der Waals surface area contributed by atoms with Gasteiger partial charge in [0, 0.05) is 7.05 Å². The van der Waals surface area contributed by atoms with Gasteiger partial charge in [0.05, 0.1) is 11.9 Å². The fourth-order valence-electron chi connectivity index (χ4n) is 1.38. The summed E-state index contributed by atoms with van der Waals surface area (Å²) < 4.78 is 2.87. The molecule has 2 nitrogen and oxygen atoms in total. The monoisotopic (exact) mass is 250 g/mol. The number of benzene rings is 1. The van der Waals surface area contributed by atoms with Crippen molar-refractivity contribution >= 4 is 15.9 Å². The van der Waals surface area contributed by atoms with E-state index in [9.17, 15) is 0 Å². The second kappa shape index (κ2) is 3.58. The highest BCUT2D eigenvalue weighted by atomic mass is 79.9. The first-order valence-corrected chi connectivity index (χ1v) is 5.22. The molecule has 0 radical (unpaired) electrons. The lowest BCUT2D eigenvalue weighted by Gasteiger charge is -2.03. The third kappa shape index (κ3) is 1.60. The smallest absolute Gasteiger partial charge is 0.177 e. The van der Waals surface area contributed by atoms with E-state index in [4.69, 9.17) is 0 Å². The van der Waals surface area contributed by atoms with Crippen LogP contribution in [0.15, 0.2) is 35.2 Å². The van der Waals surface area contributed by atoms with Crippen molar-refractivity contribution in [1.82, 2.24) is 9.55 Å². The molecule has 0 aliphatic carbocycles. The van der Waals surface area contributed by atoms with Crippen LogP contribution in [0.2, 0.25) is 0 Å². The summed E-state index contributed by atoms with van der Waals surface area (Å²) in [6.45, 7) is 2.09. The van der Waals surface area contributed by atoms with Gasteiger partial charge in [-0.25, -0.2) is 4.98 Å². The minimum absolute atomic E-state index is 0.855. The molecule has 0 bridgehead atoms. The SMILES string of the molecule is Cc1ccc(-c2cnc(Br)n2C)cc1. The van der Waals surface area contributed by atoms with E-state index < -0.39 is 0 Å². The van der Waals surface area contributed by atoms with Crippen LogP contribution in [0.1, 0.15) is 5.56 Å². The Morgan fingerprint density at radius 3 is 2.36 bits per heavy atom. The largest absolute Gasteiger partial charge is 0.322 e. The Bertz CT molecular complexity index is 443. The summed E-state index contributed by atoms with van der Waals surface area (Å²) in [5.41, 5.74) is 3.59. The standard InChI is InChI=1S/C11H11BrN2/c1-8-3-5-9(6-4-8)10-7-13-11(12)14(10)2/h3-7H,1-2H3. The van der Waals surface area contributed by atoms with Gasteiger partial charge in [-0.2, -0.15) is 0 Å². The molecule has 2 rings (SSSR count). The molecule has 0 saturated carbocycles. The summed E-state index contributed by atoms with van der Waals surface area (Å²) in [5, 5.41) is 0. The predicted octanol–water partition coefficient (Wildman–Crippen LogP) is 3.16. The highest BCUT2D eigenvalue weighted by molar-refractivity contribution is 9.10. The Morgan fingerprint density at radius 2 is 1.86 bits per heavy atom. The molecular weight excluding hydrogens is 240 g/mol. The van der Waals surface area contributed by atoms with Crippen molar-refractivity contribution in [1.29, 1.82) is 0 Å². The first-order chi connectivity index (χ1) is 6.68. The number of aryl methyl sites for hydroxylation is 1. The van der Waals surface area contributed by atoms with Gasteiger partial charge in [0.1, 0.15) is 0 Å². The zero-order valence-electron chi connectivity index (χ0n) is 8.16. The lowest BCUT2D eigenvalue weighted by molar-refractivity contribution is 0.888. The molecule has 1 aromatic heterocycles. The molecule has 0 spiro atoms. The molecule has 14 heavy (non-hydrogen) atoms. The number of nitrogens with zero attached hydrogens (tertiary/aromatic N) is 2. The van der Waals surface area contributed by atoms with Crippen molar-refractivity contribution in [2.24, 2.45) is 7.05 Å². The van der Waals surface area contributed by atoms with Gasteiger partial charge in [-0.05, 0) is 28.4 Å². The maximum atomic E-state index is 4.19. The molecule has 0 unspecified atom stereocenters. The number of hydrogen-bond acceptors (Lipinski definition) is 1. The minimum atomic E-state index is 0.855. The Hall–Kier alpha value is -1.09. The summed E-state index contributed by atoms with van der Waals surface area (Å²) >= 11 is 3.38. The summed E-state index contributed by atoms with van der Waals surface area (Å²) in [7, 11) is 1.99. The van der Waals surface area contributed by atoms with E-state index in [0.29, 0.717) is 0 Å². The molecule has 0 amide bonds. The van der Waals surface area contributed by atoms with Gasteiger partial charge in [-0.15, -0.1) is 0 Å². The fourth-order valence-corrected chi connectivity index (χ4v) is 1.67. The van der Waals surface area contributed by atoms with Gasteiger partial charge in [0.25, 0.3) is 0 Å². The third-order valence-electron chi connectivity index (χ3n) is 2.28. The summed E-state index contributed by atoms with van der Waals surface area (Å²) in [5.74, 6) is 0. The van der Waals surface area contributed by atoms with Crippen LogP contribution in [0, 0.1) is 6.92 Å². The Labute approximate surface area is 91.7 Å². The molecular formula is C11H11BrN2. The normalized spacial score (nSPS) is 10.5. The average molecular weight is 251 g/mol.